The van der Waals surface area contributed by atoms with Crippen molar-refractivity contribution in [3.05, 3.63) is 29.3 Å². The number of benzene rings is 1. The van der Waals surface area contributed by atoms with Crippen molar-refractivity contribution < 1.29 is 9.53 Å². The summed E-state index contributed by atoms with van der Waals surface area (Å²) in [5, 5.41) is 3.42. The molecule has 1 N–H and O–H groups in total. The van der Waals surface area contributed by atoms with Crippen molar-refractivity contribution in [2.75, 3.05) is 27.2 Å². The molecule has 4 nitrogen and oxygen atoms in total. The number of ether oxygens (including phenoxy) is 1. The number of likely N-dealkylation sites (N-methyl/N-ethyl adjacent to an activating group) is 1. The van der Waals surface area contributed by atoms with E-state index in [2.05, 4.69) is 11.4 Å². The van der Waals surface area contributed by atoms with E-state index in [1.54, 1.807) is 12.0 Å². The maximum Gasteiger partial charge on any atom is 0.224 e. The Hall–Kier alpha value is -1.55. The van der Waals surface area contributed by atoms with E-state index in [0.717, 1.165) is 30.0 Å². The zero-order valence-electron chi connectivity index (χ0n) is 11.2. The topological polar surface area (TPSA) is 41.6 Å². The van der Waals surface area contributed by atoms with Crippen molar-refractivity contribution in [1.82, 2.24) is 10.2 Å². The van der Waals surface area contributed by atoms with E-state index in [0.29, 0.717) is 6.42 Å². The number of aryl methyl sites for hydroxylation is 1. The maximum absolute atomic E-state index is 11.9. The summed E-state index contributed by atoms with van der Waals surface area (Å²) in [4.78, 5) is 13.6. The SMILES string of the molecule is COc1ccc(C2CC(=O)N(C)CCN2)cc1C. The molecule has 1 aromatic carbocycles. The summed E-state index contributed by atoms with van der Waals surface area (Å²) in [5.41, 5.74) is 2.25. The Morgan fingerprint density at radius 3 is 2.89 bits per heavy atom. The lowest BCUT2D eigenvalue weighted by atomic mass is 10.0. The predicted octanol–water partition coefficient (Wildman–Crippen LogP) is 1.50. The molecule has 0 saturated carbocycles. The monoisotopic (exact) mass is 248 g/mol. The van der Waals surface area contributed by atoms with Crippen LogP contribution in [-0.2, 0) is 4.79 Å². The van der Waals surface area contributed by atoms with Gasteiger partial charge in [0, 0.05) is 32.6 Å². The van der Waals surface area contributed by atoms with Gasteiger partial charge >= 0.3 is 0 Å². The normalized spacial score (nSPS) is 20.7. The molecule has 18 heavy (non-hydrogen) atoms. The average molecular weight is 248 g/mol. The molecule has 0 aromatic heterocycles. The van der Waals surface area contributed by atoms with Gasteiger partial charge in [-0.3, -0.25) is 4.79 Å². The molecule has 1 fully saturated rings. The molecule has 2 rings (SSSR count). The summed E-state index contributed by atoms with van der Waals surface area (Å²) in [6.45, 7) is 3.62. The maximum atomic E-state index is 11.9. The van der Waals surface area contributed by atoms with Crippen molar-refractivity contribution >= 4 is 5.91 Å². The van der Waals surface area contributed by atoms with Crippen LogP contribution in [0.5, 0.6) is 5.75 Å². The molecule has 98 valence electrons. The van der Waals surface area contributed by atoms with Gasteiger partial charge in [0.05, 0.1) is 7.11 Å². The number of carbonyl (C=O) groups is 1. The second kappa shape index (κ2) is 5.40. The van der Waals surface area contributed by atoms with Gasteiger partial charge in [-0.05, 0) is 24.1 Å². The minimum atomic E-state index is 0.104. The Labute approximate surface area is 108 Å². The van der Waals surface area contributed by atoms with E-state index in [1.807, 2.05) is 26.1 Å². The molecular formula is C14H20N2O2. The van der Waals surface area contributed by atoms with Crippen molar-refractivity contribution in [2.24, 2.45) is 0 Å². The molecule has 1 aliphatic heterocycles. The van der Waals surface area contributed by atoms with Crippen LogP contribution in [0.2, 0.25) is 0 Å². The van der Waals surface area contributed by atoms with Crippen molar-refractivity contribution in [1.29, 1.82) is 0 Å². The summed E-state index contributed by atoms with van der Waals surface area (Å²) in [5.74, 6) is 1.08. The Bertz CT molecular complexity index is 445. The fourth-order valence-corrected chi connectivity index (χ4v) is 2.29. The lowest BCUT2D eigenvalue weighted by Crippen LogP contribution is -2.27. The van der Waals surface area contributed by atoms with Crippen LogP contribution in [0.4, 0.5) is 0 Å². The number of hydrogen-bond acceptors (Lipinski definition) is 3. The molecule has 1 heterocycles. The molecule has 1 atom stereocenters. The number of nitrogens with one attached hydrogen (secondary N) is 1. The minimum absolute atomic E-state index is 0.104. The highest BCUT2D eigenvalue weighted by atomic mass is 16.5. The van der Waals surface area contributed by atoms with Crippen molar-refractivity contribution in [2.45, 2.75) is 19.4 Å². The van der Waals surface area contributed by atoms with Crippen LogP contribution in [0.1, 0.15) is 23.6 Å². The van der Waals surface area contributed by atoms with E-state index in [4.69, 9.17) is 4.74 Å². The summed E-state index contributed by atoms with van der Waals surface area (Å²) in [6.07, 6.45) is 0.516. The molecule has 1 amide bonds. The van der Waals surface area contributed by atoms with E-state index in [9.17, 15) is 4.79 Å². The van der Waals surface area contributed by atoms with Gasteiger partial charge in [0.1, 0.15) is 5.75 Å². The molecule has 0 bridgehead atoms. The molecule has 4 heteroatoms. The number of nitrogens with zero attached hydrogens (tertiary/aromatic N) is 1. The fraction of sp³-hybridized carbons (Fsp3) is 0.500. The molecule has 1 aromatic rings. The van der Waals surface area contributed by atoms with Crippen LogP contribution in [0.15, 0.2) is 18.2 Å². The molecule has 1 aliphatic rings. The Morgan fingerprint density at radius 2 is 2.22 bits per heavy atom. The van der Waals surface area contributed by atoms with Crippen LogP contribution in [-0.4, -0.2) is 38.1 Å². The van der Waals surface area contributed by atoms with Gasteiger partial charge in [-0.25, -0.2) is 0 Å². The number of amides is 1. The molecule has 0 aliphatic carbocycles. The summed E-state index contributed by atoms with van der Waals surface area (Å²) in [7, 11) is 3.52. The van der Waals surface area contributed by atoms with Crippen molar-refractivity contribution in [3.63, 3.8) is 0 Å². The second-order valence-electron chi connectivity index (χ2n) is 4.76. The highest BCUT2D eigenvalue weighted by Gasteiger charge is 2.22. The first-order chi connectivity index (χ1) is 8.61. The fourth-order valence-electron chi connectivity index (χ4n) is 2.29. The average Bonchev–Trinajstić information content (AvgIpc) is 2.52. The van der Waals surface area contributed by atoms with E-state index < -0.39 is 0 Å². The van der Waals surface area contributed by atoms with E-state index in [-0.39, 0.29) is 11.9 Å². The molecule has 1 saturated heterocycles. The molecule has 0 radical (unpaired) electrons. The van der Waals surface area contributed by atoms with Gasteiger partial charge in [-0.1, -0.05) is 12.1 Å². The quantitative estimate of drug-likeness (QED) is 0.862. The third-order valence-corrected chi connectivity index (χ3v) is 3.46. The summed E-state index contributed by atoms with van der Waals surface area (Å²) < 4.78 is 5.25. The highest BCUT2D eigenvalue weighted by Crippen LogP contribution is 2.25. The Kier molecular flexibility index (Phi) is 3.87. The minimum Gasteiger partial charge on any atom is -0.496 e. The zero-order chi connectivity index (χ0) is 13.1. The van der Waals surface area contributed by atoms with Gasteiger partial charge < -0.3 is 15.0 Å². The van der Waals surface area contributed by atoms with Gasteiger partial charge in [0.25, 0.3) is 0 Å². The van der Waals surface area contributed by atoms with Gasteiger partial charge in [-0.15, -0.1) is 0 Å². The second-order valence-corrected chi connectivity index (χ2v) is 4.76. The Morgan fingerprint density at radius 1 is 1.44 bits per heavy atom. The highest BCUT2D eigenvalue weighted by molar-refractivity contribution is 5.77. The smallest absolute Gasteiger partial charge is 0.224 e. The number of rotatable bonds is 2. The van der Waals surface area contributed by atoms with Crippen LogP contribution >= 0.6 is 0 Å². The lowest BCUT2D eigenvalue weighted by Gasteiger charge is -2.17. The number of hydrogen-bond donors (Lipinski definition) is 1. The summed E-state index contributed by atoms with van der Waals surface area (Å²) in [6, 6.07) is 6.19. The first-order valence-electron chi connectivity index (χ1n) is 6.23. The lowest BCUT2D eigenvalue weighted by molar-refractivity contribution is -0.129. The summed E-state index contributed by atoms with van der Waals surface area (Å²) >= 11 is 0. The third kappa shape index (κ3) is 2.64. The van der Waals surface area contributed by atoms with Crippen LogP contribution in [0.3, 0.4) is 0 Å². The van der Waals surface area contributed by atoms with Crippen molar-refractivity contribution in [3.8, 4) is 5.75 Å². The largest absolute Gasteiger partial charge is 0.496 e. The first-order valence-corrected chi connectivity index (χ1v) is 6.23. The standard InChI is InChI=1S/C14H20N2O2/c1-10-8-11(4-5-13(10)18-3)12-9-14(17)16(2)7-6-15-12/h4-5,8,12,15H,6-7,9H2,1-3H3. The van der Waals surface area contributed by atoms with Gasteiger partial charge in [0.15, 0.2) is 0 Å². The van der Waals surface area contributed by atoms with E-state index >= 15 is 0 Å². The van der Waals surface area contributed by atoms with Gasteiger partial charge in [0.2, 0.25) is 5.91 Å². The molecule has 0 spiro atoms. The number of carbonyl (C=O) groups excluding carboxylic acids is 1. The first kappa shape index (κ1) is 12.9. The van der Waals surface area contributed by atoms with Crippen LogP contribution in [0, 0.1) is 6.92 Å². The zero-order valence-corrected chi connectivity index (χ0v) is 11.2. The molecular weight excluding hydrogens is 228 g/mol. The Balaban J connectivity index is 2.20. The van der Waals surface area contributed by atoms with Crippen LogP contribution < -0.4 is 10.1 Å². The van der Waals surface area contributed by atoms with E-state index in [1.165, 1.54) is 0 Å². The predicted molar refractivity (Wildman–Crippen MR) is 70.7 cm³/mol. The van der Waals surface area contributed by atoms with Gasteiger partial charge in [-0.2, -0.15) is 0 Å². The third-order valence-electron chi connectivity index (χ3n) is 3.46. The van der Waals surface area contributed by atoms with Crippen LogP contribution in [0.25, 0.3) is 0 Å². The molecule has 1 unspecified atom stereocenters. The number of methoxy groups -OCH3 is 1.